The first kappa shape index (κ1) is 27.8. The van der Waals surface area contributed by atoms with E-state index in [1.165, 1.54) is 75.3 Å². The van der Waals surface area contributed by atoms with Crippen molar-refractivity contribution < 1.29 is 8.95 Å². The van der Waals surface area contributed by atoms with Crippen LogP contribution in [0.3, 0.4) is 0 Å². The number of rotatable bonds is 8. The van der Waals surface area contributed by atoms with E-state index in [9.17, 15) is 4.21 Å². The molecule has 0 aliphatic heterocycles. The molecule has 5 heteroatoms. The van der Waals surface area contributed by atoms with Crippen molar-refractivity contribution in [3.63, 3.8) is 0 Å². The highest BCUT2D eigenvalue weighted by Gasteiger charge is 2.37. The van der Waals surface area contributed by atoms with E-state index in [4.69, 9.17) is 4.74 Å². The van der Waals surface area contributed by atoms with E-state index in [1.54, 1.807) is 12.4 Å². The number of hydrogen-bond acceptors (Lipinski definition) is 2. The molecule has 0 spiro atoms. The van der Waals surface area contributed by atoms with Gasteiger partial charge < -0.3 is 4.74 Å². The second kappa shape index (κ2) is 12.5. The molecule has 2 aliphatic rings. The van der Waals surface area contributed by atoms with E-state index >= 15 is 0 Å². The third-order valence-electron chi connectivity index (χ3n) is 8.03. The van der Waals surface area contributed by atoms with Crippen LogP contribution in [0.5, 0.6) is 5.75 Å². The van der Waals surface area contributed by atoms with Crippen LogP contribution in [0, 0.1) is 0 Å². The zero-order valence-electron chi connectivity index (χ0n) is 23.0. The highest BCUT2D eigenvalue weighted by Crippen LogP contribution is 2.56. The molecular weight excluding hydrogens is 481 g/mol. The molecule has 4 rings (SSSR count). The van der Waals surface area contributed by atoms with Gasteiger partial charge in [-0.15, -0.1) is 0 Å². The lowest BCUT2D eigenvalue weighted by Gasteiger charge is -2.41. The molecule has 3 nitrogen and oxygen atoms in total. The molecule has 0 N–H and O–H groups in total. The maximum Gasteiger partial charge on any atom is 0.118 e. The van der Waals surface area contributed by atoms with Crippen LogP contribution in [0.2, 0.25) is 0 Å². The van der Waals surface area contributed by atoms with Gasteiger partial charge in [0, 0.05) is 7.05 Å². The molecule has 1 unspecified atom stereocenters. The van der Waals surface area contributed by atoms with Gasteiger partial charge in [-0.1, -0.05) is 82.8 Å². The molecule has 2 aromatic rings. The van der Waals surface area contributed by atoms with Crippen LogP contribution >= 0.6 is 7.92 Å². The highest BCUT2D eigenvalue weighted by atomic mass is 32.2. The molecule has 0 bridgehead atoms. The highest BCUT2D eigenvalue weighted by molar-refractivity contribution is 7.84. The van der Waals surface area contributed by atoms with Crippen LogP contribution in [0.25, 0.3) is 0 Å². The molecule has 2 atom stereocenters. The lowest BCUT2D eigenvalue weighted by molar-refractivity contribution is 0.413. The van der Waals surface area contributed by atoms with Gasteiger partial charge in [-0.2, -0.15) is 0 Å². The summed E-state index contributed by atoms with van der Waals surface area (Å²) in [5, 5.41) is 1.57. The van der Waals surface area contributed by atoms with E-state index in [2.05, 4.69) is 68.5 Å². The average Bonchev–Trinajstić information content (AvgIpc) is 2.90. The van der Waals surface area contributed by atoms with Crippen molar-refractivity contribution in [1.82, 2.24) is 4.31 Å². The van der Waals surface area contributed by atoms with Gasteiger partial charge in [0.25, 0.3) is 0 Å². The SMILES string of the molecule is COc1ccc([C@H](c2ccccc2P(C2CCCCC2)C2CCCCC2)N(C)S(=O)C(C)(C)C)cc1. The standard InChI is InChI=1S/C31H46NO2PS/c1-31(2,3)36(33)32(4)30(24-20-22-25(34-5)23-21-24)28-18-12-13-19-29(28)35(26-14-8-6-9-15-26)27-16-10-7-11-17-27/h12-13,18-23,26-27,30H,6-11,14-17H2,1-5H3/t30-,36?/m1/s1. The number of benzene rings is 2. The Morgan fingerprint density at radius 1 is 0.861 bits per heavy atom. The summed E-state index contributed by atoms with van der Waals surface area (Å²) in [6, 6.07) is 17.6. The summed E-state index contributed by atoms with van der Waals surface area (Å²) < 4.78 is 21.0. The van der Waals surface area contributed by atoms with Gasteiger partial charge in [-0.3, -0.25) is 0 Å². The first-order chi connectivity index (χ1) is 17.3. The van der Waals surface area contributed by atoms with Crippen LogP contribution < -0.4 is 10.0 Å². The molecule has 0 radical (unpaired) electrons. The van der Waals surface area contributed by atoms with Crippen molar-refractivity contribution in [2.45, 2.75) is 107 Å². The molecule has 2 aliphatic carbocycles. The van der Waals surface area contributed by atoms with E-state index in [1.807, 2.05) is 12.1 Å². The van der Waals surface area contributed by atoms with Crippen molar-refractivity contribution in [2.24, 2.45) is 0 Å². The minimum Gasteiger partial charge on any atom is -0.497 e. The third kappa shape index (κ3) is 6.43. The summed E-state index contributed by atoms with van der Waals surface area (Å²) in [5.41, 5.74) is 4.21. The van der Waals surface area contributed by atoms with Crippen molar-refractivity contribution in [1.29, 1.82) is 0 Å². The molecule has 0 amide bonds. The smallest absolute Gasteiger partial charge is 0.118 e. The summed E-state index contributed by atoms with van der Waals surface area (Å²) in [4.78, 5) is 0. The Balaban J connectivity index is 1.83. The molecular formula is C31H46NO2PS. The summed E-state index contributed by atoms with van der Waals surface area (Å²) in [7, 11) is 2.36. The van der Waals surface area contributed by atoms with Crippen molar-refractivity contribution in [3.05, 3.63) is 59.7 Å². The van der Waals surface area contributed by atoms with Gasteiger partial charge >= 0.3 is 0 Å². The fraction of sp³-hybridized carbons (Fsp3) is 0.613. The van der Waals surface area contributed by atoms with Crippen LogP contribution in [-0.2, 0) is 11.0 Å². The molecule has 0 aromatic heterocycles. The quantitative estimate of drug-likeness (QED) is 0.326. The molecule has 2 saturated carbocycles. The van der Waals surface area contributed by atoms with Crippen LogP contribution in [0.15, 0.2) is 48.5 Å². The van der Waals surface area contributed by atoms with Crippen molar-refractivity contribution in [2.75, 3.05) is 14.2 Å². The molecule has 0 heterocycles. The zero-order valence-corrected chi connectivity index (χ0v) is 24.8. The first-order valence-corrected chi connectivity index (χ1v) is 16.6. The number of hydrogen-bond donors (Lipinski definition) is 0. The van der Waals surface area contributed by atoms with Crippen LogP contribution in [0.1, 0.15) is 102 Å². The molecule has 2 fully saturated rings. The predicted molar refractivity (Wildman–Crippen MR) is 157 cm³/mol. The second-order valence-corrected chi connectivity index (χ2v) is 16.7. The van der Waals surface area contributed by atoms with Gasteiger partial charge in [0.2, 0.25) is 0 Å². The Bertz CT molecular complexity index is 972. The predicted octanol–water partition coefficient (Wildman–Crippen LogP) is 7.95. The summed E-state index contributed by atoms with van der Waals surface area (Å²) in [5.74, 6) is 0.858. The number of ether oxygens (including phenoxy) is 1. The largest absolute Gasteiger partial charge is 0.497 e. The average molecular weight is 528 g/mol. The third-order valence-corrected chi connectivity index (χ3v) is 13.4. The van der Waals surface area contributed by atoms with Gasteiger partial charge in [-0.05, 0) is 86.3 Å². The van der Waals surface area contributed by atoms with E-state index < -0.39 is 11.0 Å². The normalized spacial score (nSPS) is 20.0. The van der Waals surface area contributed by atoms with Crippen LogP contribution in [-0.4, -0.2) is 38.7 Å². The first-order valence-electron chi connectivity index (χ1n) is 14.0. The van der Waals surface area contributed by atoms with Crippen molar-refractivity contribution in [3.8, 4) is 5.75 Å². The maximum absolute atomic E-state index is 13.8. The summed E-state index contributed by atoms with van der Waals surface area (Å²) in [6.45, 7) is 6.23. The Morgan fingerprint density at radius 2 is 1.39 bits per heavy atom. The lowest BCUT2D eigenvalue weighted by Crippen LogP contribution is -2.39. The fourth-order valence-electron chi connectivity index (χ4n) is 6.26. The fourth-order valence-corrected chi connectivity index (χ4v) is 11.5. The topological polar surface area (TPSA) is 29.5 Å². The molecule has 0 saturated heterocycles. The Labute approximate surface area is 223 Å². The van der Waals surface area contributed by atoms with E-state index in [0.717, 1.165) is 17.1 Å². The molecule has 2 aromatic carbocycles. The molecule has 36 heavy (non-hydrogen) atoms. The van der Waals surface area contributed by atoms with E-state index in [-0.39, 0.29) is 18.7 Å². The van der Waals surface area contributed by atoms with Gasteiger partial charge in [0.15, 0.2) is 0 Å². The number of nitrogens with zero attached hydrogens (tertiary/aromatic N) is 1. The Hall–Kier alpha value is -1.22. The van der Waals surface area contributed by atoms with Gasteiger partial charge in [0.1, 0.15) is 16.7 Å². The maximum atomic E-state index is 13.8. The minimum atomic E-state index is -1.14. The number of methoxy groups -OCH3 is 1. The lowest BCUT2D eigenvalue weighted by atomic mass is 9.98. The summed E-state index contributed by atoms with van der Waals surface area (Å²) in [6.07, 6.45) is 13.9. The van der Waals surface area contributed by atoms with Gasteiger partial charge in [-0.25, -0.2) is 8.51 Å². The monoisotopic (exact) mass is 527 g/mol. The summed E-state index contributed by atoms with van der Waals surface area (Å²) >= 11 is 0. The molecule has 198 valence electrons. The second-order valence-electron chi connectivity index (χ2n) is 11.6. The Morgan fingerprint density at radius 3 is 1.89 bits per heavy atom. The Kier molecular flexibility index (Phi) is 9.69. The minimum absolute atomic E-state index is 0.0515. The van der Waals surface area contributed by atoms with Gasteiger partial charge in [0.05, 0.1) is 17.9 Å². The van der Waals surface area contributed by atoms with E-state index in [0.29, 0.717) is 0 Å². The zero-order chi connectivity index (χ0) is 25.7. The van der Waals surface area contributed by atoms with Crippen LogP contribution in [0.4, 0.5) is 0 Å². The van der Waals surface area contributed by atoms with Crippen molar-refractivity contribution >= 4 is 24.2 Å².